The Morgan fingerprint density at radius 3 is 3.00 bits per heavy atom. The van der Waals surface area contributed by atoms with Gasteiger partial charge >= 0.3 is 0 Å². The first-order valence-electron chi connectivity index (χ1n) is 7.71. The van der Waals surface area contributed by atoms with Gasteiger partial charge in [-0.2, -0.15) is 0 Å². The third kappa shape index (κ3) is 3.57. The second-order valence-corrected chi connectivity index (χ2v) is 7.26. The summed E-state index contributed by atoms with van der Waals surface area (Å²) in [6, 6.07) is 8.38. The molecule has 1 aliphatic heterocycles. The number of rotatable bonds is 4. The Morgan fingerprint density at radius 1 is 1.48 bits per heavy atom. The molecule has 6 heteroatoms. The highest BCUT2D eigenvalue weighted by Gasteiger charge is 2.37. The van der Waals surface area contributed by atoms with Crippen molar-refractivity contribution in [1.82, 2.24) is 0 Å². The standard InChI is InChI=1S/C17H18ClFN2OS/c1-11(17(22)20-14-7-6-12(19)10-13(14)18)21-8-2-4-15(21)16-5-3-9-23-16/h3,5-7,9-11,15H,2,4,8H2,1H3,(H,20,22)/p+1/t11-,15+/m0/s1. The number of thiophene rings is 1. The second kappa shape index (κ2) is 6.99. The fourth-order valence-electron chi connectivity index (χ4n) is 3.20. The first kappa shape index (κ1) is 16.4. The Labute approximate surface area is 144 Å². The minimum absolute atomic E-state index is 0.0861. The maximum absolute atomic E-state index is 13.1. The molecule has 1 fully saturated rings. The Hall–Kier alpha value is -1.43. The van der Waals surface area contributed by atoms with E-state index in [1.165, 1.54) is 28.0 Å². The van der Waals surface area contributed by atoms with Gasteiger partial charge in [-0.1, -0.05) is 17.7 Å². The summed E-state index contributed by atoms with van der Waals surface area (Å²) in [5, 5.41) is 5.12. The highest BCUT2D eigenvalue weighted by molar-refractivity contribution is 7.10. The fourth-order valence-corrected chi connectivity index (χ4v) is 4.32. The topological polar surface area (TPSA) is 33.5 Å². The third-order valence-electron chi connectivity index (χ3n) is 4.43. The van der Waals surface area contributed by atoms with Crippen molar-refractivity contribution < 1.29 is 14.1 Å². The minimum Gasteiger partial charge on any atom is -0.320 e. The fraction of sp³-hybridized carbons (Fsp3) is 0.353. The summed E-state index contributed by atoms with van der Waals surface area (Å²) in [7, 11) is 0. The van der Waals surface area contributed by atoms with E-state index in [1.807, 2.05) is 6.92 Å². The summed E-state index contributed by atoms with van der Waals surface area (Å²) >= 11 is 7.73. The molecular weight excluding hydrogens is 335 g/mol. The van der Waals surface area contributed by atoms with Gasteiger partial charge < -0.3 is 10.2 Å². The van der Waals surface area contributed by atoms with E-state index in [1.54, 1.807) is 11.3 Å². The Morgan fingerprint density at radius 2 is 2.30 bits per heavy atom. The van der Waals surface area contributed by atoms with E-state index >= 15 is 0 Å². The highest BCUT2D eigenvalue weighted by atomic mass is 35.5. The van der Waals surface area contributed by atoms with Crippen LogP contribution < -0.4 is 10.2 Å². The summed E-state index contributed by atoms with van der Waals surface area (Å²) in [4.78, 5) is 15.2. The van der Waals surface area contributed by atoms with Gasteiger partial charge in [0.05, 0.1) is 22.1 Å². The molecule has 2 aromatic rings. The maximum Gasteiger partial charge on any atom is 0.282 e. The van der Waals surface area contributed by atoms with Crippen molar-refractivity contribution in [2.24, 2.45) is 0 Å². The van der Waals surface area contributed by atoms with Crippen LogP contribution in [0, 0.1) is 5.82 Å². The monoisotopic (exact) mass is 353 g/mol. The molecule has 3 atom stereocenters. The molecule has 1 aromatic heterocycles. The number of hydrogen-bond donors (Lipinski definition) is 2. The average molecular weight is 354 g/mol. The van der Waals surface area contributed by atoms with Crippen molar-refractivity contribution >= 4 is 34.5 Å². The van der Waals surface area contributed by atoms with E-state index in [0.29, 0.717) is 11.7 Å². The van der Waals surface area contributed by atoms with E-state index in [4.69, 9.17) is 11.6 Å². The predicted octanol–water partition coefficient (Wildman–Crippen LogP) is 3.29. The van der Waals surface area contributed by atoms with E-state index in [9.17, 15) is 9.18 Å². The maximum atomic E-state index is 13.1. The SMILES string of the molecule is C[C@@H](C(=O)Nc1ccc(F)cc1Cl)[NH+]1CCC[C@@H]1c1cccs1. The molecule has 0 bridgehead atoms. The zero-order chi connectivity index (χ0) is 16.4. The smallest absolute Gasteiger partial charge is 0.282 e. The number of halogens is 2. The lowest BCUT2D eigenvalue weighted by Crippen LogP contribution is -3.15. The molecule has 122 valence electrons. The Balaban J connectivity index is 1.71. The molecule has 2 heterocycles. The zero-order valence-corrected chi connectivity index (χ0v) is 14.4. The van der Waals surface area contributed by atoms with E-state index in [0.717, 1.165) is 19.4 Å². The van der Waals surface area contributed by atoms with Crippen LogP contribution in [0.5, 0.6) is 0 Å². The van der Waals surface area contributed by atoms with Crippen molar-refractivity contribution in [3.8, 4) is 0 Å². The molecule has 0 spiro atoms. The van der Waals surface area contributed by atoms with E-state index in [-0.39, 0.29) is 17.0 Å². The molecule has 3 rings (SSSR count). The van der Waals surface area contributed by atoms with Gasteiger partial charge in [0.25, 0.3) is 5.91 Å². The van der Waals surface area contributed by atoms with Gasteiger partial charge in [0, 0.05) is 12.8 Å². The van der Waals surface area contributed by atoms with Crippen LogP contribution in [0.25, 0.3) is 0 Å². The molecule has 3 nitrogen and oxygen atoms in total. The largest absolute Gasteiger partial charge is 0.320 e. The number of quaternary nitrogens is 1. The zero-order valence-electron chi connectivity index (χ0n) is 12.8. The van der Waals surface area contributed by atoms with Crippen LogP contribution in [0.3, 0.4) is 0 Å². The van der Waals surface area contributed by atoms with Gasteiger partial charge in [0.2, 0.25) is 0 Å². The summed E-state index contributed by atoms with van der Waals surface area (Å²) < 4.78 is 13.1. The van der Waals surface area contributed by atoms with Crippen LogP contribution in [0.15, 0.2) is 35.7 Å². The third-order valence-corrected chi connectivity index (χ3v) is 5.73. The van der Waals surface area contributed by atoms with E-state index < -0.39 is 5.82 Å². The number of likely N-dealkylation sites (tertiary alicyclic amines) is 1. The quantitative estimate of drug-likeness (QED) is 0.869. The number of carbonyl (C=O) groups is 1. The van der Waals surface area contributed by atoms with Gasteiger partial charge in [-0.25, -0.2) is 4.39 Å². The van der Waals surface area contributed by atoms with Crippen LogP contribution in [0.2, 0.25) is 5.02 Å². The van der Waals surface area contributed by atoms with Crippen molar-refractivity contribution in [3.05, 3.63) is 51.4 Å². The summed E-state index contributed by atoms with van der Waals surface area (Å²) in [6.45, 7) is 2.92. The molecule has 0 radical (unpaired) electrons. The normalized spacial score (nSPS) is 22.0. The van der Waals surface area contributed by atoms with Crippen LogP contribution >= 0.6 is 22.9 Å². The molecule has 1 amide bonds. The highest BCUT2D eigenvalue weighted by Crippen LogP contribution is 2.25. The number of carbonyl (C=O) groups excluding carboxylic acids is 1. The summed E-state index contributed by atoms with van der Waals surface area (Å²) in [5.74, 6) is -0.499. The molecule has 23 heavy (non-hydrogen) atoms. The lowest BCUT2D eigenvalue weighted by atomic mass is 10.1. The molecular formula is C17H19ClFN2OS+. The number of anilines is 1. The van der Waals surface area contributed by atoms with Gasteiger partial charge in [0.1, 0.15) is 11.9 Å². The average Bonchev–Trinajstić information content (AvgIpc) is 3.19. The van der Waals surface area contributed by atoms with Crippen LogP contribution in [-0.4, -0.2) is 18.5 Å². The number of hydrogen-bond acceptors (Lipinski definition) is 2. The van der Waals surface area contributed by atoms with Crippen LogP contribution in [-0.2, 0) is 4.79 Å². The van der Waals surface area contributed by atoms with Crippen molar-refractivity contribution in [1.29, 1.82) is 0 Å². The number of amides is 1. The summed E-state index contributed by atoms with van der Waals surface area (Å²) in [6.07, 6.45) is 2.22. The lowest BCUT2D eigenvalue weighted by molar-refractivity contribution is -0.931. The Bertz CT molecular complexity index is 692. The predicted molar refractivity (Wildman–Crippen MR) is 91.6 cm³/mol. The molecule has 0 aliphatic carbocycles. The van der Waals surface area contributed by atoms with E-state index in [2.05, 4.69) is 22.8 Å². The molecule has 2 N–H and O–H groups in total. The van der Waals surface area contributed by atoms with Crippen molar-refractivity contribution in [2.75, 3.05) is 11.9 Å². The van der Waals surface area contributed by atoms with Crippen LogP contribution in [0.4, 0.5) is 10.1 Å². The van der Waals surface area contributed by atoms with Crippen LogP contribution in [0.1, 0.15) is 30.7 Å². The van der Waals surface area contributed by atoms with Gasteiger partial charge in [-0.3, -0.25) is 4.79 Å². The lowest BCUT2D eigenvalue weighted by Gasteiger charge is -2.26. The molecule has 0 saturated carbocycles. The van der Waals surface area contributed by atoms with Gasteiger partial charge in [0.15, 0.2) is 6.04 Å². The Kier molecular flexibility index (Phi) is 4.99. The first-order chi connectivity index (χ1) is 11.1. The molecule has 1 unspecified atom stereocenters. The number of benzene rings is 1. The first-order valence-corrected chi connectivity index (χ1v) is 8.97. The summed E-state index contributed by atoms with van der Waals surface area (Å²) in [5.41, 5.74) is 0.455. The van der Waals surface area contributed by atoms with Crippen molar-refractivity contribution in [3.63, 3.8) is 0 Å². The second-order valence-electron chi connectivity index (χ2n) is 5.87. The molecule has 1 saturated heterocycles. The van der Waals surface area contributed by atoms with Crippen molar-refractivity contribution in [2.45, 2.75) is 31.8 Å². The molecule has 1 aliphatic rings. The number of nitrogens with one attached hydrogen (secondary N) is 2. The minimum atomic E-state index is -0.413. The van der Waals surface area contributed by atoms with Gasteiger partial charge in [-0.05, 0) is 36.6 Å². The molecule has 1 aromatic carbocycles. The van der Waals surface area contributed by atoms with Gasteiger partial charge in [-0.15, -0.1) is 11.3 Å².